The van der Waals surface area contributed by atoms with Gasteiger partial charge in [0.05, 0.1) is 18.2 Å². The van der Waals surface area contributed by atoms with Crippen LogP contribution in [0, 0.1) is 0 Å². The van der Waals surface area contributed by atoms with Crippen LogP contribution in [-0.4, -0.2) is 45.0 Å². The lowest BCUT2D eigenvalue weighted by Crippen LogP contribution is -2.44. The molecule has 1 aliphatic rings. The standard InChI is InChI=1S/C20H29N3O3/c1-4-21-19(22-14-20(24-3)9-11-25-12-10-20)23-15(2)18-13-16-7-5-6-8-17(16)26-18/h5-8,13,15H,4,9-12,14H2,1-3H3,(H2,21,22,23). The molecule has 1 saturated heterocycles. The number of ether oxygens (including phenoxy) is 2. The molecular formula is C20H29N3O3. The van der Waals surface area contributed by atoms with Crippen LogP contribution in [-0.2, 0) is 9.47 Å². The molecule has 26 heavy (non-hydrogen) atoms. The Kier molecular flexibility index (Phi) is 6.16. The first-order valence-electron chi connectivity index (χ1n) is 9.32. The van der Waals surface area contributed by atoms with Gasteiger partial charge in [-0.1, -0.05) is 18.2 Å². The second-order valence-electron chi connectivity index (χ2n) is 6.75. The van der Waals surface area contributed by atoms with Gasteiger partial charge in [0.1, 0.15) is 11.3 Å². The molecule has 0 saturated carbocycles. The van der Waals surface area contributed by atoms with Crippen LogP contribution >= 0.6 is 0 Å². The van der Waals surface area contributed by atoms with E-state index < -0.39 is 0 Å². The number of benzene rings is 1. The number of rotatable bonds is 6. The minimum atomic E-state index is -0.233. The zero-order valence-electron chi connectivity index (χ0n) is 15.9. The van der Waals surface area contributed by atoms with Crippen molar-refractivity contribution in [1.29, 1.82) is 0 Å². The average Bonchev–Trinajstić information content (AvgIpc) is 3.11. The van der Waals surface area contributed by atoms with E-state index in [0.29, 0.717) is 6.54 Å². The van der Waals surface area contributed by atoms with Crippen molar-refractivity contribution in [3.63, 3.8) is 0 Å². The number of methoxy groups -OCH3 is 1. The van der Waals surface area contributed by atoms with Crippen molar-refractivity contribution in [2.45, 2.75) is 38.3 Å². The third-order valence-electron chi connectivity index (χ3n) is 4.93. The lowest BCUT2D eigenvalue weighted by Gasteiger charge is -2.34. The van der Waals surface area contributed by atoms with E-state index in [0.717, 1.165) is 55.3 Å². The van der Waals surface area contributed by atoms with Crippen LogP contribution < -0.4 is 10.6 Å². The fourth-order valence-electron chi connectivity index (χ4n) is 3.21. The van der Waals surface area contributed by atoms with Crippen molar-refractivity contribution in [1.82, 2.24) is 10.6 Å². The highest BCUT2D eigenvalue weighted by molar-refractivity contribution is 5.81. The zero-order chi connectivity index (χ0) is 18.4. The molecule has 3 rings (SSSR count). The van der Waals surface area contributed by atoms with E-state index in [-0.39, 0.29) is 11.6 Å². The van der Waals surface area contributed by atoms with E-state index in [1.54, 1.807) is 7.11 Å². The first-order valence-corrected chi connectivity index (χ1v) is 9.32. The highest BCUT2D eigenvalue weighted by atomic mass is 16.5. The van der Waals surface area contributed by atoms with Gasteiger partial charge in [-0.2, -0.15) is 0 Å². The molecule has 2 N–H and O–H groups in total. The fraction of sp³-hybridized carbons (Fsp3) is 0.550. The number of nitrogens with zero attached hydrogens (tertiary/aromatic N) is 1. The maximum absolute atomic E-state index is 5.96. The van der Waals surface area contributed by atoms with Crippen LogP contribution in [0.4, 0.5) is 0 Å². The van der Waals surface area contributed by atoms with Crippen LogP contribution in [0.25, 0.3) is 11.0 Å². The van der Waals surface area contributed by atoms with Gasteiger partial charge in [0.15, 0.2) is 5.96 Å². The summed E-state index contributed by atoms with van der Waals surface area (Å²) in [4.78, 5) is 4.77. The van der Waals surface area contributed by atoms with Crippen molar-refractivity contribution < 1.29 is 13.9 Å². The van der Waals surface area contributed by atoms with E-state index in [1.807, 2.05) is 18.2 Å². The molecule has 1 unspecified atom stereocenters. The van der Waals surface area contributed by atoms with Crippen molar-refractivity contribution in [3.8, 4) is 0 Å². The highest BCUT2D eigenvalue weighted by Crippen LogP contribution is 2.25. The molecule has 6 nitrogen and oxygen atoms in total. The number of furan rings is 1. The summed E-state index contributed by atoms with van der Waals surface area (Å²) >= 11 is 0. The van der Waals surface area contributed by atoms with Crippen LogP contribution in [0.5, 0.6) is 0 Å². The molecule has 2 aromatic rings. The Hall–Kier alpha value is -2.05. The number of aliphatic imine (C=N–C) groups is 1. The lowest BCUT2D eigenvalue weighted by molar-refractivity contribution is -0.0828. The third-order valence-corrected chi connectivity index (χ3v) is 4.93. The van der Waals surface area contributed by atoms with E-state index in [4.69, 9.17) is 18.9 Å². The summed E-state index contributed by atoms with van der Waals surface area (Å²) in [5.74, 6) is 1.66. The molecule has 2 heterocycles. The Balaban J connectivity index is 1.70. The van der Waals surface area contributed by atoms with Crippen molar-refractivity contribution in [2.75, 3.05) is 33.4 Å². The number of fused-ring (bicyclic) bond motifs is 1. The van der Waals surface area contributed by atoms with Gasteiger partial charge in [0.25, 0.3) is 0 Å². The Labute approximate surface area is 155 Å². The Morgan fingerprint density at radius 3 is 2.77 bits per heavy atom. The van der Waals surface area contributed by atoms with E-state index in [1.165, 1.54) is 0 Å². The number of para-hydroxylation sites is 1. The van der Waals surface area contributed by atoms with Crippen LogP contribution in [0.3, 0.4) is 0 Å². The summed E-state index contributed by atoms with van der Waals surface area (Å²) in [6.07, 6.45) is 1.73. The van der Waals surface area contributed by atoms with E-state index in [2.05, 4.69) is 36.6 Å². The van der Waals surface area contributed by atoms with Gasteiger partial charge in [-0.3, -0.25) is 4.99 Å². The monoisotopic (exact) mass is 359 g/mol. The van der Waals surface area contributed by atoms with Gasteiger partial charge in [-0.25, -0.2) is 0 Å². The molecule has 1 aromatic heterocycles. The molecular weight excluding hydrogens is 330 g/mol. The number of hydrogen-bond donors (Lipinski definition) is 2. The minimum absolute atomic E-state index is 0.00776. The number of guanidine groups is 1. The molecule has 142 valence electrons. The normalized spacial score (nSPS) is 18.7. The predicted octanol–water partition coefficient (Wildman–Crippen LogP) is 3.24. The minimum Gasteiger partial charge on any atom is -0.459 e. The van der Waals surface area contributed by atoms with Gasteiger partial charge >= 0.3 is 0 Å². The lowest BCUT2D eigenvalue weighted by atomic mass is 9.94. The molecule has 0 spiro atoms. The summed E-state index contributed by atoms with van der Waals surface area (Å²) in [6, 6.07) is 10.1. The van der Waals surface area contributed by atoms with E-state index in [9.17, 15) is 0 Å². The van der Waals surface area contributed by atoms with Crippen molar-refractivity contribution >= 4 is 16.9 Å². The number of nitrogens with one attached hydrogen (secondary N) is 2. The van der Waals surface area contributed by atoms with Crippen LogP contribution in [0.15, 0.2) is 39.7 Å². The molecule has 0 aliphatic carbocycles. The van der Waals surface area contributed by atoms with Gasteiger partial charge in [-0.05, 0) is 26.0 Å². The van der Waals surface area contributed by atoms with Crippen molar-refractivity contribution in [3.05, 3.63) is 36.1 Å². The zero-order valence-corrected chi connectivity index (χ0v) is 15.9. The SMILES string of the molecule is CCNC(=NCC1(OC)CCOCC1)NC(C)c1cc2ccccc2o1. The summed E-state index contributed by atoms with van der Waals surface area (Å²) in [7, 11) is 1.76. The fourth-order valence-corrected chi connectivity index (χ4v) is 3.21. The molecule has 6 heteroatoms. The first-order chi connectivity index (χ1) is 12.7. The van der Waals surface area contributed by atoms with E-state index >= 15 is 0 Å². The quantitative estimate of drug-likeness (QED) is 0.612. The maximum Gasteiger partial charge on any atom is 0.191 e. The summed E-state index contributed by atoms with van der Waals surface area (Å²) in [5.41, 5.74) is 0.669. The molecule has 0 radical (unpaired) electrons. The van der Waals surface area contributed by atoms with Gasteiger partial charge < -0.3 is 24.5 Å². The predicted molar refractivity (Wildman–Crippen MR) is 104 cm³/mol. The third kappa shape index (κ3) is 4.37. The second kappa shape index (κ2) is 8.56. The molecule has 1 fully saturated rings. The average molecular weight is 359 g/mol. The summed E-state index contributed by atoms with van der Waals surface area (Å²) in [6.45, 7) is 6.98. The molecule has 1 aromatic carbocycles. The Morgan fingerprint density at radius 1 is 1.31 bits per heavy atom. The second-order valence-corrected chi connectivity index (χ2v) is 6.75. The maximum atomic E-state index is 5.96. The largest absolute Gasteiger partial charge is 0.459 e. The molecule has 0 amide bonds. The summed E-state index contributed by atoms with van der Waals surface area (Å²) < 4.78 is 17.2. The Morgan fingerprint density at radius 2 is 2.08 bits per heavy atom. The first kappa shape index (κ1) is 18.7. The molecule has 1 aliphatic heterocycles. The van der Waals surface area contributed by atoms with Gasteiger partial charge in [-0.15, -0.1) is 0 Å². The molecule has 0 bridgehead atoms. The van der Waals surface area contributed by atoms with Gasteiger partial charge in [0, 0.05) is 45.1 Å². The van der Waals surface area contributed by atoms with Crippen LogP contribution in [0.1, 0.15) is 38.5 Å². The van der Waals surface area contributed by atoms with Gasteiger partial charge in [0.2, 0.25) is 0 Å². The number of hydrogen-bond acceptors (Lipinski definition) is 4. The van der Waals surface area contributed by atoms with Crippen molar-refractivity contribution in [2.24, 2.45) is 4.99 Å². The smallest absolute Gasteiger partial charge is 0.191 e. The summed E-state index contributed by atoms with van der Waals surface area (Å²) in [5, 5.41) is 7.85. The molecule has 1 atom stereocenters. The van der Waals surface area contributed by atoms with Crippen LogP contribution in [0.2, 0.25) is 0 Å². The topological polar surface area (TPSA) is 68.0 Å². The highest BCUT2D eigenvalue weighted by Gasteiger charge is 2.32. The Bertz CT molecular complexity index is 702.